The Labute approximate surface area is 139 Å². The Morgan fingerprint density at radius 2 is 1.95 bits per heavy atom. The van der Waals surface area contributed by atoms with Crippen molar-refractivity contribution < 1.29 is 9.53 Å². The minimum absolute atomic E-state index is 0. The summed E-state index contributed by atoms with van der Waals surface area (Å²) in [7, 11) is 0. The molecule has 21 heavy (non-hydrogen) atoms. The van der Waals surface area contributed by atoms with Gasteiger partial charge in [-0.3, -0.25) is 4.79 Å². The van der Waals surface area contributed by atoms with E-state index in [0.29, 0.717) is 12.0 Å². The number of rotatable bonds is 8. The first-order valence-electron chi connectivity index (χ1n) is 7.69. The number of carbonyl (C=O) groups excluding carboxylic acids is 1. The lowest BCUT2D eigenvalue weighted by molar-refractivity contribution is -0.135. The number of nitrogens with two attached hydrogens (primary N) is 1. The highest BCUT2D eigenvalue weighted by atomic mass is 35.5. The number of thioether (sulfide) groups is 1. The lowest BCUT2D eigenvalue weighted by Crippen LogP contribution is -2.48. The summed E-state index contributed by atoms with van der Waals surface area (Å²) in [5.74, 6) is 1.74. The molecule has 0 saturated carbocycles. The standard InChI is InChI=1S/C15H30N2O2S.ClH/c1-12(2)6-10-19-13-4-8-17(9-5-13)15(18)14(16)7-11-20-3;/h12-14H,4-11,16H2,1-3H3;1H/t14-;/m0./s1. The van der Waals surface area contributed by atoms with Crippen molar-refractivity contribution in [3.63, 3.8) is 0 Å². The molecule has 0 unspecified atom stereocenters. The maximum absolute atomic E-state index is 12.2. The quantitative estimate of drug-likeness (QED) is 0.739. The van der Waals surface area contributed by atoms with E-state index >= 15 is 0 Å². The molecule has 0 bridgehead atoms. The van der Waals surface area contributed by atoms with Crippen LogP contribution in [0.1, 0.15) is 39.5 Å². The van der Waals surface area contributed by atoms with Gasteiger partial charge in [-0.1, -0.05) is 13.8 Å². The molecule has 0 aromatic carbocycles. The summed E-state index contributed by atoms with van der Waals surface area (Å²) in [6.07, 6.45) is 6.12. The first kappa shape index (κ1) is 21.0. The Kier molecular flexibility index (Phi) is 11.6. The molecule has 0 aromatic heterocycles. The molecule has 1 amide bonds. The third-order valence-electron chi connectivity index (χ3n) is 3.75. The molecule has 126 valence electrons. The molecule has 1 saturated heterocycles. The van der Waals surface area contributed by atoms with Crippen LogP contribution in [0.25, 0.3) is 0 Å². The van der Waals surface area contributed by atoms with Gasteiger partial charge in [0.1, 0.15) is 0 Å². The largest absolute Gasteiger partial charge is 0.378 e. The maximum Gasteiger partial charge on any atom is 0.239 e. The first-order chi connectivity index (χ1) is 9.54. The van der Waals surface area contributed by atoms with Crippen molar-refractivity contribution in [1.29, 1.82) is 0 Å². The number of piperidine rings is 1. The van der Waals surface area contributed by atoms with E-state index in [9.17, 15) is 4.79 Å². The van der Waals surface area contributed by atoms with Crippen LogP contribution in [0.2, 0.25) is 0 Å². The third-order valence-corrected chi connectivity index (χ3v) is 4.40. The van der Waals surface area contributed by atoms with Crippen molar-refractivity contribution in [2.45, 2.75) is 51.7 Å². The van der Waals surface area contributed by atoms with E-state index in [1.807, 2.05) is 11.2 Å². The van der Waals surface area contributed by atoms with Crippen LogP contribution < -0.4 is 5.73 Å². The molecule has 1 fully saturated rings. The highest BCUT2D eigenvalue weighted by Gasteiger charge is 2.26. The molecule has 2 N–H and O–H groups in total. The number of likely N-dealkylation sites (tertiary alicyclic amines) is 1. The van der Waals surface area contributed by atoms with E-state index in [-0.39, 0.29) is 24.4 Å². The SMILES string of the molecule is CSCC[C@H](N)C(=O)N1CCC(OCCC(C)C)CC1.Cl. The van der Waals surface area contributed by atoms with Gasteiger partial charge in [-0.05, 0) is 43.6 Å². The predicted octanol–water partition coefficient (Wildman–Crippen LogP) is 2.54. The molecular weight excluding hydrogens is 308 g/mol. The summed E-state index contributed by atoms with van der Waals surface area (Å²) in [4.78, 5) is 14.1. The summed E-state index contributed by atoms with van der Waals surface area (Å²) in [6, 6.07) is -0.333. The minimum Gasteiger partial charge on any atom is -0.378 e. The van der Waals surface area contributed by atoms with Crippen LogP contribution >= 0.6 is 24.2 Å². The van der Waals surface area contributed by atoms with Gasteiger partial charge in [-0.25, -0.2) is 0 Å². The van der Waals surface area contributed by atoms with Crippen LogP contribution in [-0.4, -0.2) is 54.7 Å². The molecule has 4 nitrogen and oxygen atoms in total. The van der Waals surface area contributed by atoms with E-state index in [2.05, 4.69) is 13.8 Å². The van der Waals surface area contributed by atoms with Gasteiger partial charge in [-0.15, -0.1) is 12.4 Å². The van der Waals surface area contributed by atoms with Gasteiger partial charge in [0.15, 0.2) is 0 Å². The van der Waals surface area contributed by atoms with E-state index in [1.165, 1.54) is 0 Å². The molecule has 0 radical (unpaired) electrons. The normalized spacial score (nSPS) is 17.7. The number of ether oxygens (including phenoxy) is 1. The molecule has 6 heteroatoms. The Morgan fingerprint density at radius 1 is 1.33 bits per heavy atom. The zero-order valence-corrected chi connectivity index (χ0v) is 15.2. The zero-order chi connectivity index (χ0) is 15.0. The first-order valence-corrected chi connectivity index (χ1v) is 9.09. The molecular formula is C15H31ClN2O2S. The predicted molar refractivity (Wildman–Crippen MR) is 93.2 cm³/mol. The van der Waals surface area contributed by atoms with Gasteiger partial charge in [0.25, 0.3) is 0 Å². The highest BCUT2D eigenvalue weighted by Crippen LogP contribution is 2.16. The fourth-order valence-electron chi connectivity index (χ4n) is 2.32. The third kappa shape index (κ3) is 8.29. The van der Waals surface area contributed by atoms with Crippen molar-refractivity contribution in [2.24, 2.45) is 11.7 Å². The molecule has 0 aliphatic carbocycles. The average molecular weight is 339 g/mol. The lowest BCUT2D eigenvalue weighted by atomic mass is 10.1. The van der Waals surface area contributed by atoms with Crippen molar-refractivity contribution in [1.82, 2.24) is 4.90 Å². The second kappa shape index (κ2) is 11.6. The molecule has 1 atom stereocenters. The lowest BCUT2D eigenvalue weighted by Gasteiger charge is -2.33. The Hall–Kier alpha value is 0.0300. The summed E-state index contributed by atoms with van der Waals surface area (Å²) in [5, 5.41) is 0. The van der Waals surface area contributed by atoms with Crippen LogP contribution in [0.3, 0.4) is 0 Å². The Morgan fingerprint density at radius 3 is 2.48 bits per heavy atom. The van der Waals surface area contributed by atoms with Gasteiger partial charge >= 0.3 is 0 Å². The molecule has 1 heterocycles. The van der Waals surface area contributed by atoms with Crippen LogP contribution in [0.4, 0.5) is 0 Å². The zero-order valence-electron chi connectivity index (χ0n) is 13.5. The molecule has 1 aliphatic rings. The smallest absolute Gasteiger partial charge is 0.239 e. The Bertz CT molecular complexity index is 285. The fraction of sp³-hybridized carbons (Fsp3) is 0.933. The van der Waals surface area contributed by atoms with Gasteiger partial charge in [-0.2, -0.15) is 11.8 Å². The van der Waals surface area contributed by atoms with Gasteiger partial charge in [0.05, 0.1) is 12.1 Å². The van der Waals surface area contributed by atoms with Crippen LogP contribution in [0.15, 0.2) is 0 Å². The summed E-state index contributed by atoms with van der Waals surface area (Å²) in [6.45, 7) is 6.83. The van der Waals surface area contributed by atoms with Crippen LogP contribution in [-0.2, 0) is 9.53 Å². The van der Waals surface area contributed by atoms with Gasteiger partial charge in [0.2, 0.25) is 5.91 Å². The van der Waals surface area contributed by atoms with Crippen molar-refractivity contribution >= 4 is 30.1 Å². The number of nitrogens with zero attached hydrogens (tertiary/aromatic N) is 1. The van der Waals surface area contributed by atoms with Crippen molar-refractivity contribution in [3.8, 4) is 0 Å². The minimum atomic E-state index is -0.333. The monoisotopic (exact) mass is 338 g/mol. The molecule has 0 aromatic rings. The van der Waals surface area contributed by atoms with E-state index in [0.717, 1.165) is 51.1 Å². The highest BCUT2D eigenvalue weighted by molar-refractivity contribution is 7.98. The molecule has 1 rings (SSSR count). The number of halogens is 1. The fourth-order valence-corrected chi connectivity index (χ4v) is 2.81. The average Bonchev–Trinajstić information content (AvgIpc) is 2.44. The number of carbonyl (C=O) groups is 1. The van der Waals surface area contributed by atoms with E-state index in [4.69, 9.17) is 10.5 Å². The number of amides is 1. The summed E-state index contributed by atoms with van der Waals surface area (Å²) < 4.78 is 5.87. The molecule has 1 aliphatic heterocycles. The van der Waals surface area contributed by atoms with Gasteiger partial charge in [0, 0.05) is 19.7 Å². The molecule has 0 spiro atoms. The Balaban J connectivity index is 0.00000400. The van der Waals surface area contributed by atoms with Crippen molar-refractivity contribution in [3.05, 3.63) is 0 Å². The van der Waals surface area contributed by atoms with Crippen LogP contribution in [0, 0.1) is 5.92 Å². The van der Waals surface area contributed by atoms with E-state index in [1.54, 1.807) is 11.8 Å². The topological polar surface area (TPSA) is 55.6 Å². The number of hydrogen-bond acceptors (Lipinski definition) is 4. The van der Waals surface area contributed by atoms with E-state index < -0.39 is 0 Å². The maximum atomic E-state index is 12.2. The van der Waals surface area contributed by atoms with Gasteiger partial charge < -0.3 is 15.4 Å². The summed E-state index contributed by atoms with van der Waals surface area (Å²) in [5.41, 5.74) is 5.95. The summed E-state index contributed by atoms with van der Waals surface area (Å²) >= 11 is 1.73. The number of hydrogen-bond donors (Lipinski definition) is 1. The second-order valence-corrected chi connectivity index (χ2v) is 6.95. The van der Waals surface area contributed by atoms with Crippen molar-refractivity contribution in [2.75, 3.05) is 31.7 Å². The second-order valence-electron chi connectivity index (χ2n) is 5.97. The van der Waals surface area contributed by atoms with Crippen LogP contribution in [0.5, 0.6) is 0 Å².